The fourth-order valence-corrected chi connectivity index (χ4v) is 1.44. The van der Waals surface area contributed by atoms with E-state index in [0.29, 0.717) is 6.61 Å². The average molecular weight is 218 g/mol. The quantitative estimate of drug-likeness (QED) is 0.576. The van der Waals surface area contributed by atoms with Crippen molar-refractivity contribution < 1.29 is 14.0 Å². The molecule has 0 saturated carbocycles. The molecule has 80 valence electrons. The summed E-state index contributed by atoms with van der Waals surface area (Å²) < 4.78 is 16.8. The highest BCUT2D eigenvalue weighted by Gasteiger charge is 1.98. The summed E-state index contributed by atoms with van der Waals surface area (Å²) in [5.74, 6) is 0. The van der Waals surface area contributed by atoms with E-state index in [0.717, 1.165) is 25.1 Å². The molecule has 14 heavy (non-hydrogen) atoms. The fourth-order valence-electron chi connectivity index (χ4n) is 1.12. The van der Waals surface area contributed by atoms with Crippen molar-refractivity contribution in [2.45, 2.75) is 26.3 Å². The molecular formula is C8H15N2O3P. The molecule has 0 aliphatic carbocycles. The number of rotatable bonds is 6. The van der Waals surface area contributed by atoms with Gasteiger partial charge in [0.15, 0.2) is 0 Å². The smallest absolute Gasteiger partial charge is 0.316 e. The zero-order valence-electron chi connectivity index (χ0n) is 8.14. The molecule has 1 rings (SSSR count). The van der Waals surface area contributed by atoms with Gasteiger partial charge in [0, 0.05) is 12.7 Å². The molecule has 0 amide bonds. The number of nitrogens with zero attached hydrogens (tertiary/aromatic N) is 2. The summed E-state index contributed by atoms with van der Waals surface area (Å²) in [6.07, 6.45) is 5.26. The van der Waals surface area contributed by atoms with Gasteiger partial charge in [0.25, 0.3) is 0 Å². The molecule has 1 N–H and O–H groups in total. The molecule has 1 aromatic rings. The summed E-state index contributed by atoms with van der Waals surface area (Å²) in [7, 11) is -2.76. The maximum Gasteiger partial charge on any atom is 0.316 e. The zero-order valence-corrected chi connectivity index (χ0v) is 9.14. The topological polar surface area (TPSA) is 64.4 Å². The lowest BCUT2D eigenvalue weighted by molar-refractivity contribution is 0.277. The molecule has 0 fully saturated rings. The van der Waals surface area contributed by atoms with Crippen LogP contribution in [0.3, 0.4) is 0 Å². The van der Waals surface area contributed by atoms with Crippen molar-refractivity contribution in [1.82, 2.24) is 9.55 Å². The molecule has 5 nitrogen and oxygen atoms in total. The fraction of sp³-hybridized carbons (Fsp3) is 0.625. The zero-order chi connectivity index (χ0) is 10.4. The van der Waals surface area contributed by atoms with Gasteiger partial charge < -0.3 is 14.0 Å². The Hall–Kier alpha value is -0.640. The Bertz CT molecular complexity index is 301. The summed E-state index contributed by atoms with van der Waals surface area (Å²) in [6.45, 7) is 3.27. The van der Waals surface area contributed by atoms with E-state index in [2.05, 4.69) is 9.51 Å². The van der Waals surface area contributed by atoms with Crippen LogP contribution in [0, 0.1) is 0 Å². The van der Waals surface area contributed by atoms with Crippen LogP contribution < -0.4 is 0 Å². The molecule has 0 bridgehead atoms. The second-order valence-electron chi connectivity index (χ2n) is 2.91. The first-order valence-corrected chi connectivity index (χ1v) is 5.85. The molecule has 0 spiro atoms. The summed E-state index contributed by atoms with van der Waals surface area (Å²) in [5.41, 5.74) is 0.994. The van der Waals surface area contributed by atoms with Crippen molar-refractivity contribution in [3.05, 3.63) is 18.2 Å². The van der Waals surface area contributed by atoms with Gasteiger partial charge in [-0.05, 0) is 19.8 Å². The minimum Gasteiger partial charge on any atom is -0.337 e. The third kappa shape index (κ3) is 4.05. The van der Waals surface area contributed by atoms with Crippen LogP contribution in [-0.2, 0) is 22.1 Å². The Balaban J connectivity index is 2.21. The lowest BCUT2D eigenvalue weighted by Crippen LogP contribution is -1.92. The standard InChI is InChI=1S/C8H15N2O3P/c1-2-10-6-8(9-7-10)4-3-5-13-14(11)12/h6-7,14H,2-5H2,1H3,(H,11,12). The van der Waals surface area contributed by atoms with Crippen LogP contribution >= 0.6 is 8.25 Å². The first-order valence-electron chi connectivity index (χ1n) is 4.58. The lowest BCUT2D eigenvalue weighted by Gasteiger charge is -1.97. The molecule has 0 saturated heterocycles. The Morgan fingerprint density at radius 2 is 2.50 bits per heavy atom. The molecule has 0 aliphatic heterocycles. The second kappa shape index (κ2) is 5.96. The van der Waals surface area contributed by atoms with Crippen LogP contribution in [0.1, 0.15) is 19.0 Å². The van der Waals surface area contributed by atoms with Gasteiger partial charge in [0.05, 0.1) is 18.6 Å². The Morgan fingerprint density at radius 3 is 3.07 bits per heavy atom. The summed E-state index contributed by atoms with van der Waals surface area (Å²) in [5, 5.41) is 0. The Labute approximate surface area is 83.7 Å². The van der Waals surface area contributed by atoms with Crippen molar-refractivity contribution in [2.75, 3.05) is 6.61 Å². The molecule has 0 aromatic carbocycles. The highest BCUT2D eigenvalue weighted by molar-refractivity contribution is 7.32. The van der Waals surface area contributed by atoms with E-state index < -0.39 is 8.25 Å². The number of hydrogen-bond acceptors (Lipinski definition) is 3. The van der Waals surface area contributed by atoms with Crippen molar-refractivity contribution in [3.63, 3.8) is 0 Å². The van der Waals surface area contributed by atoms with E-state index in [1.807, 2.05) is 17.7 Å². The second-order valence-corrected chi connectivity index (χ2v) is 3.73. The molecule has 1 heterocycles. The largest absolute Gasteiger partial charge is 0.337 e. The van der Waals surface area contributed by atoms with E-state index in [-0.39, 0.29) is 0 Å². The molecule has 6 heteroatoms. The summed E-state index contributed by atoms with van der Waals surface area (Å²) in [6, 6.07) is 0. The maximum atomic E-state index is 10.2. The van der Waals surface area contributed by atoms with Gasteiger partial charge in [-0.15, -0.1) is 0 Å². The van der Waals surface area contributed by atoms with E-state index in [1.165, 1.54) is 0 Å². The highest BCUT2D eigenvalue weighted by atomic mass is 31.1. The van der Waals surface area contributed by atoms with Gasteiger partial charge in [-0.25, -0.2) is 4.98 Å². The van der Waals surface area contributed by atoms with Gasteiger partial charge >= 0.3 is 8.25 Å². The third-order valence-corrected chi connectivity index (χ3v) is 2.31. The molecule has 1 aromatic heterocycles. The van der Waals surface area contributed by atoms with Gasteiger partial charge in [0.1, 0.15) is 0 Å². The number of aromatic nitrogens is 2. The SMILES string of the molecule is CCn1cnc(CCCO[PH](=O)O)c1. The normalized spacial score (nSPS) is 13.0. The summed E-state index contributed by atoms with van der Waals surface area (Å²) >= 11 is 0. The maximum absolute atomic E-state index is 10.2. The number of hydrogen-bond donors (Lipinski definition) is 1. The number of imidazole rings is 1. The van der Waals surface area contributed by atoms with Crippen LogP contribution in [0.4, 0.5) is 0 Å². The minimum absolute atomic E-state index is 0.313. The van der Waals surface area contributed by atoms with Crippen molar-refractivity contribution in [2.24, 2.45) is 0 Å². The number of aryl methyl sites for hydroxylation is 2. The average Bonchev–Trinajstić information content (AvgIpc) is 2.60. The predicted molar refractivity (Wildman–Crippen MR) is 53.4 cm³/mol. The van der Waals surface area contributed by atoms with Gasteiger partial charge in [0.2, 0.25) is 0 Å². The Kier molecular flexibility index (Phi) is 4.87. The molecule has 1 atom stereocenters. The van der Waals surface area contributed by atoms with E-state index in [4.69, 9.17) is 4.89 Å². The molecule has 0 radical (unpaired) electrons. The minimum atomic E-state index is -2.76. The third-order valence-electron chi connectivity index (χ3n) is 1.85. The van der Waals surface area contributed by atoms with Crippen molar-refractivity contribution in [3.8, 4) is 0 Å². The molecular weight excluding hydrogens is 203 g/mol. The molecule has 0 aliphatic rings. The summed E-state index contributed by atoms with van der Waals surface area (Å²) in [4.78, 5) is 12.6. The monoisotopic (exact) mass is 218 g/mol. The van der Waals surface area contributed by atoms with Gasteiger partial charge in [-0.1, -0.05) is 0 Å². The highest BCUT2D eigenvalue weighted by Crippen LogP contribution is 2.14. The van der Waals surface area contributed by atoms with Crippen molar-refractivity contribution in [1.29, 1.82) is 0 Å². The van der Waals surface area contributed by atoms with Gasteiger partial charge in [-0.2, -0.15) is 0 Å². The van der Waals surface area contributed by atoms with E-state index in [9.17, 15) is 4.57 Å². The van der Waals surface area contributed by atoms with Gasteiger partial charge in [-0.3, -0.25) is 4.57 Å². The van der Waals surface area contributed by atoms with E-state index >= 15 is 0 Å². The first kappa shape index (κ1) is 11.4. The predicted octanol–water partition coefficient (Wildman–Crippen LogP) is 1.23. The van der Waals surface area contributed by atoms with Crippen LogP contribution in [0.5, 0.6) is 0 Å². The Morgan fingerprint density at radius 1 is 1.71 bits per heavy atom. The molecule has 1 unspecified atom stereocenters. The lowest BCUT2D eigenvalue weighted by atomic mass is 10.3. The van der Waals surface area contributed by atoms with Crippen LogP contribution in [0.2, 0.25) is 0 Å². The van der Waals surface area contributed by atoms with Crippen LogP contribution in [-0.4, -0.2) is 21.1 Å². The first-order chi connectivity index (χ1) is 6.72. The van der Waals surface area contributed by atoms with Crippen LogP contribution in [0.25, 0.3) is 0 Å². The van der Waals surface area contributed by atoms with Crippen LogP contribution in [0.15, 0.2) is 12.5 Å². The van der Waals surface area contributed by atoms with E-state index in [1.54, 1.807) is 6.33 Å². The van der Waals surface area contributed by atoms with Crippen molar-refractivity contribution >= 4 is 8.25 Å².